The minimum absolute atomic E-state index is 0.00720. The van der Waals surface area contributed by atoms with Gasteiger partial charge in [-0.3, -0.25) is 9.48 Å². The number of thioether (sulfide) groups is 1. The molecule has 2 aromatic carbocycles. The molecule has 4 aromatic rings. The molecule has 6 heteroatoms. The molecule has 0 fully saturated rings. The number of carbonyl (C=O) groups excluding carboxylic acids is 1. The van der Waals surface area contributed by atoms with E-state index in [1.165, 1.54) is 22.9 Å². The summed E-state index contributed by atoms with van der Waals surface area (Å²) in [6.07, 6.45) is 0. The predicted octanol–water partition coefficient (Wildman–Crippen LogP) is 4.81. The summed E-state index contributed by atoms with van der Waals surface area (Å²) in [6, 6.07) is 20.4. The minimum Gasteiger partial charge on any atom is -0.351 e. The molecule has 31 heavy (non-hydrogen) atoms. The molecule has 0 saturated heterocycles. The van der Waals surface area contributed by atoms with Crippen molar-refractivity contribution < 1.29 is 4.79 Å². The summed E-state index contributed by atoms with van der Waals surface area (Å²) >= 11 is 1.46. The fourth-order valence-electron chi connectivity index (χ4n) is 3.67. The molecule has 0 spiro atoms. The number of aromatic nitrogens is 3. The predicted molar refractivity (Wildman–Crippen MR) is 126 cm³/mol. The number of rotatable bonds is 7. The van der Waals surface area contributed by atoms with Gasteiger partial charge in [-0.2, -0.15) is 5.10 Å². The van der Waals surface area contributed by atoms with E-state index in [-0.39, 0.29) is 5.91 Å². The maximum absolute atomic E-state index is 12.5. The molecule has 0 bridgehead atoms. The van der Waals surface area contributed by atoms with E-state index < -0.39 is 0 Å². The molecule has 2 aromatic heterocycles. The zero-order chi connectivity index (χ0) is 21.8. The maximum atomic E-state index is 12.5. The SMILES string of the molecule is Cc1nn(Cc2ccccc2)c(C)c1CNC(=O)CSc1cc(C)c2ccccc2n1. The second-order valence-electron chi connectivity index (χ2n) is 7.65. The topological polar surface area (TPSA) is 59.8 Å². The van der Waals surface area contributed by atoms with E-state index in [0.717, 1.165) is 39.4 Å². The fraction of sp³-hybridized carbons (Fsp3) is 0.240. The van der Waals surface area contributed by atoms with Crippen molar-refractivity contribution in [2.24, 2.45) is 0 Å². The van der Waals surface area contributed by atoms with Crippen molar-refractivity contribution in [1.29, 1.82) is 0 Å². The van der Waals surface area contributed by atoms with Crippen LogP contribution >= 0.6 is 11.8 Å². The fourth-order valence-corrected chi connectivity index (χ4v) is 4.47. The van der Waals surface area contributed by atoms with E-state index >= 15 is 0 Å². The van der Waals surface area contributed by atoms with E-state index in [2.05, 4.69) is 47.4 Å². The molecule has 0 radical (unpaired) electrons. The van der Waals surface area contributed by atoms with E-state index in [1.54, 1.807) is 0 Å². The van der Waals surface area contributed by atoms with Gasteiger partial charge in [0.05, 0.1) is 28.5 Å². The lowest BCUT2D eigenvalue weighted by Gasteiger charge is -2.08. The number of hydrogen-bond donors (Lipinski definition) is 1. The molecule has 4 rings (SSSR count). The Balaban J connectivity index is 1.36. The average molecular weight is 431 g/mol. The standard InChI is InChI=1S/C25H26N4OS/c1-17-13-25(27-23-12-8-7-11-21(17)23)31-16-24(30)26-14-22-18(2)28-29(19(22)3)15-20-9-5-4-6-10-20/h4-13H,14-16H2,1-3H3,(H,26,30). The van der Waals surface area contributed by atoms with E-state index in [4.69, 9.17) is 0 Å². The third-order valence-corrected chi connectivity index (χ3v) is 6.33. The lowest BCUT2D eigenvalue weighted by atomic mass is 10.1. The number of carbonyl (C=O) groups is 1. The maximum Gasteiger partial charge on any atom is 0.230 e. The van der Waals surface area contributed by atoms with Crippen LogP contribution in [0.1, 0.15) is 28.1 Å². The molecule has 0 aliphatic carbocycles. The van der Waals surface area contributed by atoms with Gasteiger partial charge in [-0.15, -0.1) is 0 Å². The molecule has 0 unspecified atom stereocenters. The summed E-state index contributed by atoms with van der Waals surface area (Å²) in [7, 11) is 0. The molecule has 2 heterocycles. The van der Waals surface area contributed by atoms with E-state index in [1.807, 2.05) is 54.1 Å². The number of amides is 1. The normalized spacial score (nSPS) is 11.1. The highest BCUT2D eigenvalue weighted by atomic mass is 32.2. The highest BCUT2D eigenvalue weighted by Crippen LogP contribution is 2.23. The number of hydrogen-bond acceptors (Lipinski definition) is 4. The summed E-state index contributed by atoms with van der Waals surface area (Å²) in [4.78, 5) is 17.1. The Morgan fingerprint density at radius 3 is 2.58 bits per heavy atom. The van der Waals surface area contributed by atoms with Crippen LogP contribution in [0.15, 0.2) is 65.7 Å². The van der Waals surface area contributed by atoms with Gasteiger partial charge >= 0.3 is 0 Å². The lowest BCUT2D eigenvalue weighted by molar-refractivity contribution is -0.118. The van der Waals surface area contributed by atoms with Gasteiger partial charge in [-0.25, -0.2) is 4.98 Å². The van der Waals surface area contributed by atoms with Gasteiger partial charge in [0.2, 0.25) is 5.91 Å². The van der Waals surface area contributed by atoms with Crippen molar-refractivity contribution in [3.05, 3.63) is 88.7 Å². The first-order valence-electron chi connectivity index (χ1n) is 10.3. The van der Waals surface area contributed by atoms with E-state index in [9.17, 15) is 4.79 Å². The lowest BCUT2D eigenvalue weighted by Crippen LogP contribution is -2.25. The first-order valence-corrected chi connectivity index (χ1v) is 11.3. The zero-order valence-electron chi connectivity index (χ0n) is 18.1. The molecular weight excluding hydrogens is 404 g/mol. The Morgan fingerprint density at radius 2 is 1.77 bits per heavy atom. The zero-order valence-corrected chi connectivity index (χ0v) is 18.9. The molecular formula is C25H26N4OS. The van der Waals surface area contributed by atoms with Crippen molar-refractivity contribution >= 4 is 28.6 Å². The summed E-state index contributed by atoms with van der Waals surface area (Å²) in [5, 5.41) is 9.72. The average Bonchev–Trinajstić information content (AvgIpc) is 3.04. The van der Waals surface area contributed by atoms with Crippen LogP contribution in [0.3, 0.4) is 0 Å². The number of fused-ring (bicyclic) bond motifs is 1. The van der Waals surface area contributed by atoms with Crippen LogP contribution in [0, 0.1) is 20.8 Å². The molecule has 158 valence electrons. The minimum atomic E-state index is -0.00720. The quantitative estimate of drug-likeness (QED) is 0.427. The van der Waals surface area contributed by atoms with Crippen LogP contribution < -0.4 is 5.32 Å². The number of nitrogens with zero attached hydrogens (tertiary/aromatic N) is 3. The second kappa shape index (κ2) is 9.35. The Bertz CT molecular complexity index is 1220. The molecule has 1 N–H and O–H groups in total. The van der Waals surface area contributed by atoms with Gasteiger partial charge in [0, 0.05) is 23.2 Å². The van der Waals surface area contributed by atoms with Gasteiger partial charge in [0.25, 0.3) is 0 Å². The summed E-state index contributed by atoms with van der Waals surface area (Å²) in [6.45, 7) is 7.33. The summed E-state index contributed by atoms with van der Waals surface area (Å²) in [5.74, 6) is 0.327. The van der Waals surface area contributed by atoms with Crippen molar-refractivity contribution in [1.82, 2.24) is 20.1 Å². The largest absolute Gasteiger partial charge is 0.351 e. The van der Waals surface area contributed by atoms with Crippen LogP contribution in [-0.2, 0) is 17.9 Å². The van der Waals surface area contributed by atoms with Crippen molar-refractivity contribution in [2.45, 2.75) is 38.9 Å². The van der Waals surface area contributed by atoms with Crippen molar-refractivity contribution in [3.8, 4) is 0 Å². The van der Waals surface area contributed by atoms with Gasteiger partial charge in [0.15, 0.2) is 0 Å². The number of nitrogens with one attached hydrogen (secondary N) is 1. The van der Waals surface area contributed by atoms with Crippen LogP contribution in [0.4, 0.5) is 0 Å². The molecule has 0 atom stereocenters. The van der Waals surface area contributed by atoms with Crippen molar-refractivity contribution in [2.75, 3.05) is 5.75 Å². The van der Waals surface area contributed by atoms with Crippen molar-refractivity contribution in [3.63, 3.8) is 0 Å². The number of para-hydroxylation sites is 1. The Labute approximate surface area is 186 Å². The molecule has 5 nitrogen and oxygen atoms in total. The number of benzene rings is 2. The first-order chi connectivity index (χ1) is 15.0. The second-order valence-corrected chi connectivity index (χ2v) is 8.65. The third-order valence-electron chi connectivity index (χ3n) is 5.42. The third kappa shape index (κ3) is 4.97. The number of aryl methyl sites for hydroxylation is 2. The Morgan fingerprint density at radius 1 is 1.03 bits per heavy atom. The first kappa shape index (κ1) is 21.1. The molecule has 1 amide bonds. The smallest absolute Gasteiger partial charge is 0.230 e. The Hall–Kier alpha value is -3.12. The van der Waals surface area contributed by atoms with Gasteiger partial charge < -0.3 is 5.32 Å². The number of pyridine rings is 1. The monoisotopic (exact) mass is 430 g/mol. The van der Waals surface area contributed by atoms with Crippen LogP contribution in [0.5, 0.6) is 0 Å². The van der Waals surface area contributed by atoms with E-state index in [0.29, 0.717) is 12.3 Å². The van der Waals surface area contributed by atoms with Gasteiger partial charge in [0.1, 0.15) is 0 Å². The molecule has 0 aliphatic heterocycles. The highest BCUT2D eigenvalue weighted by Gasteiger charge is 2.13. The van der Waals surface area contributed by atoms with Crippen LogP contribution in [-0.4, -0.2) is 26.4 Å². The summed E-state index contributed by atoms with van der Waals surface area (Å²) in [5.41, 5.74) is 6.45. The molecule has 0 saturated carbocycles. The van der Waals surface area contributed by atoms with Gasteiger partial charge in [-0.1, -0.05) is 60.3 Å². The Kier molecular flexibility index (Phi) is 6.37. The van der Waals surface area contributed by atoms with Crippen LogP contribution in [0.25, 0.3) is 10.9 Å². The summed E-state index contributed by atoms with van der Waals surface area (Å²) < 4.78 is 2.00. The van der Waals surface area contributed by atoms with Crippen LogP contribution in [0.2, 0.25) is 0 Å². The molecule has 0 aliphatic rings. The van der Waals surface area contributed by atoms with Gasteiger partial charge in [-0.05, 0) is 44.0 Å². The highest BCUT2D eigenvalue weighted by molar-refractivity contribution is 7.99.